The predicted molar refractivity (Wildman–Crippen MR) is 135 cm³/mol. The first-order valence-electron chi connectivity index (χ1n) is 12.8. The van der Waals surface area contributed by atoms with Crippen molar-refractivity contribution in [2.75, 3.05) is 37.6 Å². The van der Waals surface area contributed by atoms with Crippen LogP contribution in [0.5, 0.6) is 0 Å². The monoisotopic (exact) mass is 479 g/mol. The number of hydrogen-bond acceptors (Lipinski definition) is 5. The van der Waals surface area contributed by atoms with Gasteiger partial charge in [-0.25, -0.2) is 18.9 Å². The summed E-state index contributed by atoms with van der Waals surface area (Å²) in [5.74, 6) is -0.605. The molecule has 7 nitrogen and oxygen atoms in total. The van der Waals surface area contributed by atoms with Crippen LogP contribution in [0.4, 0.5) is 10.1 Å². The molecule has 186 valence electrons. The van der Waals surface area contributed by atoms with Gasteiger partial charge in [-0.15, -0.1) is 0 Å². The Labute approximate surface area is 205 Å². The number of nitrogens with zero attached hydrogens (tertiary/aromatic N) is 5. The fourth-order valence-corrected chi connectivity index (χ4v) is 5.51. The lowest BCUT2D eigenvalue weighted by Gasteiger charge is -2.37. The Hall–Kier alpha value is -3.00. The van der Waals surface area contributed by atoms with Gasteiger partial charge in [0.2, 0.25) is 0 Å². The van der Waals surface area contributed by atoms with Crippen LogP contribution in [-0.2, 0) is 0 Å². The standard InChI is InChI=1S/C27H34FN5O2/c1-18(2)25-24-23(32-14-10-19(11-15-32)17-31-12-4-3-5-13-31)16-22(27(34)35)29-26(24)33(30-25)21-8-6-20(28)7-9-21/h6-9,16,18-19H,3-5,10-15,17H2,1-2H3,(H,34,35). The number of fused-ring (bicyclic) bond motifs is 1. The van der Waals surface area contributed by atoms with E-state index in [-0.39, 0.29) is 17.4 Å². The van der Waals surface area contributed by atoms with Crippen molar-refractivity contribution in [2.45, 2.75) is 51.9 Å². The van der Waals surface area contributed by atoms with Gasteiger partial charge < -0.3 is 14.9 Å². The average Bonchev–Trinajstić information content (AvgIpc) is 3.25. The van der Waals surface area contributed by atoms with Crippen molar-refractivity contribution in [2.24, 2.45) is 5.92 Å². The lowest BCUT2D eigenvalue weighted by atomic mass is 9.94. The maximum Gasteiger partial charge on any atom is 0.354 e. The molecule has 0 saturated carbocycles. The van der Waals surface area contributed by atoms with E-state index in [9.17, 15) is 14.3 Å². The van der Waals surface area contributed by atoms with E-state index in [4.69, 9.17) is 5.10 Å². The molecule has 4 heterocycles. The number of carbonyl (C=O) groups is 1. The van der Waals surface area contributed by atoms with E-state index in [1.165, 1.54) is 51.0 Å². The van der Waals surface area contributed by atoms with Gasteiger partial charge in [0.15, 0.2) is 11.3 Å². The molecule has 2 saturated heterocycles. The summed E-state index contributed by atoms with van der Waals surface area (Å²) in [6, 6.07) is 7.76. The molecule has 1 N–H and O–H groups in total. The largest absolute Gasteiger partial charge is 0.477 e. The third-order valence-corrected chi connectivity index (χ3v) is 7.40. The fourth-order valence-electron chi connectivity index (χ4n) is 5.51. The van der Waals surface area contributed by atoms with Crippen LogP contribution in [0.1, 0.15) is 68.1 Å². The Morgan fingerprint density at radius 3 is 2.40 bits per heavy atom. The molecule has 0 amide bonds. The summed E-state index contributed by atoms with van der Waals surface area (Å²) in [6.07, 6.45) is 6.14. The first-order chi connectivity index (χ1) is 16.9. The molecule has 0 unspecified atom stereocenters. The van der Waals surface area contributed by atoms with E-state index >= 15 is 0 Å². The van der Waals surface area contributed by atoms with Crippen molar-refractivity contribution in [1.29, 1.82) is 0 Å². The Kier molecular flexibility index (Phi) is 6.73. The van der Waals surface area contributed by atoms with Crippen molar-refractivity contribution >= 4 is 22.7 Å². The van der Waals surface area contributed by atoms with Crippen LogP contribution in [0.2, 0.25) is 0 Å². The van der Waals surface area contributed by atoms with Crippen LogP contribution < -0.4 is 4.90 Å². The van der Waals surface area contributed by atoms with E-state index in [1.54, 1.807) is 22.9 Å². The highest BCUT2D eigenvalue weighted by atomic mass is 19.1. The summed E-state index contributed by atoms with van der Waals surface area (Å²) in [5, 5.41) is 15.6. The molecule has 2 aliphatic heterocycles. The molecule has 35 heavy (non-hydrogen) atoms. The number of halogens is 1. The van der Waals surface area contributed by atoms with Crippen molar-refractivity contribution in [3.63, 3.8) is 0 Å². The van der Waals surface area contributed by atoms with Gasteiger partial charge in [0, 0.05) is 19.6 Å². The number of carboxylic acid groups (broad SMARTS) is 1. The number of anilines is 1. The molecule has 5 rings (SSSR count). The van der Waals surface area contributed by atoms with Crippen LogP contribution in [-0.4, -0.2) is 63.5 Å². The Morgan fingerprint density at radius 1 is 1.09 bits per heavy atom. The second-order valence-corrected chi connectivity index (χ2v) is 10.3. The lowest BCUT2D eigenvalue weighted by molar-refractivity contribution is 0.0691. The summed E-state index contributed by atoms with van der Waals surface area (Å²) in [5.41, 5.74) is 2.93. The maximum absolute atomic E-state index is 13.6. The third kappa shape index (κ3) is 4.89. The second kappa shape index (κ2) is 9.93. The van der Waals surface area contributed by atoms with Gasteiger partial charge in [0.05, 0.1) is 22.5 Å². The molecule has 0 bridgehead atoms. The van der Waals surface area contributed by atoms with E-state index in [1.807, 2.05) is 0 Å². The summed E-state index contributed by atoms with van der Waals surface area (Å²) < 4.78 is 15.2. The smallest absolute Gasteiger partial charge is 0.354 e. The fraction of sp³-hybridized carbons (Fsp3) is 0.519. The third-order valence-electron chi connectivity index (χ3n) is 7.40. The number of piperidine rings is 2. The number of benzene rings is 1. The molecule has 0 spiro atoms. The predicted octanol–water partition coefficient (Wildman–Crippen LogP) is 5.08. The first-order valence-corrected chi connectivity index (χ1v) is 12.8. The Morgan fingerprint density at radius 2 is 1.77 bits per heavy atom. The number of aromatic carboxylic acids is 1. The van der Waals surface area contributed by atoms with Gasteiger partial charge >= 0.3 is 5.97 Å². The van der Waals surface area contributed by atoms with Gasteiger partial charge in [-0.1, -0.05) is 20.3 Å². The molecule has 1 aromatic carbocycles. The summed E-state index contributed by atoms with van der Waals surface area (Å²) in [6.45, 7) is 9.53. The van der Waals surface area contributed by atoms with Crippen molar-refractivity contribution < 1.29 is 14.3 Å². The zero-order chi connectivity index (χ0) is 24.5. The molecule has 3 aromatic rings. The van der Waals surface area contributed by atoms with Gasteiger partial charge in [-0.05, 0) is 80.9 Å². The van der Waals surface area contributed by atoms with Crippen molar-refractivity contribution in [1.82, 2.24) is 19.7 Å². The van der Waals surface area contributed by atoms with E-state index < -0.39 is 5.97 Å². The van der Waals surface area contributed by atoms with Crippen LogP contribution in [0.25, 0.3) is 16.7 Å². The van der Waals surface area contributed by atoms with Gasteiger partial charge in [-0.2, -0.15) is 5.10 Å². The molecule has 8 heteroatoms. The van der Waals surface area contributed by atoms with Gasteiger partial charge in [-0.3, -0.25) is 0 Å². The first kappa shape index (κ1) is 23.7. The molecule has 0 atom stereocenters. The summed E-state index contributed by atoms with van der Waals surface area (Å²) in [4.78, 5) is 21.4. The molecular formula is C27H34FN5O2. The molecule has 0 radical (unpaired) electrons. The topological polar surface area (TPSA) is 74.5 Å². The van der Waals surface area contributed by atoms with Crippen LogP contribution in [0, 0.1) is 11.7 Å². The number of carboxylic acids is 1. The number of pyridine rings is 1. The molecular weight excluding hydrogens is 445 g/mol. The number of likely N-dealkylation sites (tertiary alicyclic amines) is 1. The second-order valence-electron chi connectivity index (χ2n) is 10.3. The zero-order valence-corrected chi connectivity index (χ0v) is 20.6. The Balaban J connectivity index is 1.51. The lowest BCUT2D eigenvalue weighted by Crippen LogP contribution is -2.40. The molecule has 2 aliphatic rings. The molecule has 2 fully saturated rings. The van der Waals surface area contributed by atoms with Crippen LogP contribution in [0.15, 0.2) is 30.3 Å². The highest BCUT2D eigenvalue weighted by molar-refractivity contribution is 5.98. The normalized spacial score (nSPS) is 18.0. The van der Waals surface area contributed by atoms with Crippen LogP contribution in [0.3, 0.4) is 0 Å². The highest BCUT2D eigenvalue weighted by Gasteiger charge is 2.28. The highest BCUT2D eigenvalue weighted by Crippen LogP contribution is 2.36. The number of aromatic nitrogens is 3. The quantitative estimate of drug-likeness (QED) is 0.531. The minimum Gasteiger partial charge on any atom is -0.477 e. The number of rotatable bonds is 6. The molecule has 2 aromatic heterocycles. The summed E-state index contributed by atoms with van der Waals surface area (Å²) >= 11 is 0. The zero-order valence-electron chi connectivity index (χ0n) is 20.6. The Bertz CT molecular complexity index is 1190. The van der Waals surface area contributed by atoms with E-state index in [0.717, 1.165) is 42.7 Å². The molecule has 0 aliphatic carbocycles. The SMILES string of the molecule is CC(C)c1nn(-c2ccc(F)cc2)c2nc(C(=O)O)cc(N3CCC(CN4CCCCC4)CC3)c12. The summed E-state index contributed by atoms with van der Waals surface area (Å²) in [7, 11) is 0. The van der Waals surface area contributed by atoms with E-state index in [2.05, 4.69) is 28.6 Å². The van der Waals surface area contributed by atoms with Gasteiger partial charge in [0.1, 0.15) is 5.82 Å². The number of hydrogen-bond donors (Lipinski definition) is 1. The van der Waals surface area contributed by atoms with Crippen molar-refractivity contribution in [3.05, 3.63) is 47.5 Å². The van der Waals surface area contributed by atoms with Gasteiger partial charge in [0.25, 0.3) is 0 Å². The minimum absolute atomic E-state index is 0.00140. The van der Waals surface area contributed by atoms with Crippen LogP contribution >= 0.6 is 0 Å². The minimum atomic E-state index is -1.06. The van der Waals surface area contributed by atoms with E-state index in [0.29, 0.717) is 17.3 Å². The maximum atomic E-state index is 13.6. The van der Waals surface area contributed by atoms with Crippen molar-refractivity contribution in [3.8, 4) is 5.69 Å². The average molecular weight is 480 g/mol.